The second-order valence-corrected chi connectivity index (χ2v) is 9.62. The first kappa shape index (κ1) is 20.2. The topological polar surface area (TPSA) is 72.9 Å². The van der Waals surface area contributed by atoms with Gasteiger partial charge in [-0.15, -0.1) is 0 Å². The predicted octanol–water partition coefficient (Wildman–Crippen LogP) is 0.735. The Bertz CT molecular complexity index is 890. The summed E-state index contributed by atoms with van der Waals surface area (Å²) in [4.78, 5) is 15.7. The molecule has 2 aromatic heterocycles. The maximum atomic E-state index is 12.8. The minimum atomic E-state index is -3.46. The number of hydrogen-bond donors (Lipinski definition) is 0. The Kier molecular flexibility index (Phi) is 6.09. The first-order valence-corrected chi connectivity index (χ1v) is 11.5. The molecule has 4 heterocycles. The lowest BCUT2D eigenvalue weighted by Crippen LogP contribution is -2.47. The summed E-state index contributed by atoms with van der Waals surface area (Å²) in [5.74, 6) is 0.836. The second kappa shape index (κ2) is 8.74. The van der Waals surface area contributed by atoms with Crippen molar-refractivity contribution in [3.05, 3.63) is 48.4 Å². The Morgan fingerprint density at radius 3 is 2.31 bits per heavy atom. The third-order valence-corrected chi connectivity index (χ3v) is 7.53. The molecule has 2 aromatic rings. The molecule has 0 aromatic carbocycles. The highest BCUT2D eigenvalue weighted by Crippen LogP contribution is 2.20. The number of piperazine rings is 2. The van der Waals surface area contributed by atoms with Gasteiger partial charge in [0.25, 0.3) is 0 Å². The Balaban J connectivity index is 1.35. The van der Waals surface area contributed by atoms with E-state index in [-0.39, 0.29) is 4.90 Å². The van der Waals surface area contributed by atoms with Crippen LogP contribution in [0.1, 0.15) is 5.56 Å². The average molecular weight is 417 g/mol. The van der Waals surface area contributed by atoms with Crippen molar-refractivity contribution in [2.45, 2.75) is 11.4 Å². The van der Waals surface area contributed by atoms with Gasteiger partial charge in [-0.1, -0.05) is 6.07 Å². The summed E-state index contributed by atoms with van der Waals surface area (Å²) in [5, 5.41) is 0. The molecule has 2 fully saturated rings. The van der Waals surface area contributed by atoms with Crippen LogP contribution in [0, 0.1) is 0 Å². The van der Waals surface area contributed by atoms with Gasteiger partial charge < -0.3 is 9.80 Å². The van der Waals surface area contributed by atoms with Crippen molar-refractivity contribution in [1.29, 1.82) is 0 Å². The van der Waals surface area contributed by atoms with Gasteiger partial charge in [-0.2, -0.15) is 4.31 Å². The zero-order chi connectivity index (χ0) is 20.3. The molecule has 8 nitrogen and oxygen atoms in total. The number of aromatic nitrogens is 2. The Morgan fingerprint density at radius 1 is 0.931 bits per heavy atom. The van der Waals surface area contributed by atoms with E-state index in [0.29, 0.717) is 13.1 Å². The lowest BCUT2D eigenvalue weighted by Gasteiger charge is -2.35. The summed E-state index contributed by atoms with van der Waals surface area (Å²) in [6.45, 7) is 7.10. The maximum Gasteiger partial charge on any atom is 0.244 e. The molecule has 0 atom stereocenters. The Hall–Kier alpha value is -2.07. The molecule has 0 amide bonds. The van der Waals surface area contributed by atoms with Gasteiger partial charge in [0.1, 0.15) is 10.7 Å². The summed E-state index contributed by atoms with van der Waals surface area (Å²) in [5.41, 5.74) is 1.22. The van der Waals surface area contributed by atoms with E-state index in [4.69, 9.17) is 0 Å². The van der Waals surface area contributed by atoms with Gasteiger partial charge in [0.05, 0.1) is 0 Å². The predicted molar refractivity (Wildman–Crippen MR) is 112 cm³/mol. The minimum absolute atomic E-state index is 0.279. The SMILES string of the molecule is CN1CCN(S(=O)(=O)c2ccc(N3CCN(Cc4cccnc4)CC3)nc2)CC1. The molecule has 4 rings (SSSR count). The van der Waals surface area contributed by atoms with E-state index in [0.717, 1.165) is 51.6 Å². The first-order valence-electron chi connectivity index (χ1n) is 10.0. The monoisotopic (exact) mass is 416 g/mol. The maximum absolute atomic E-state index is 12.8. The van der Waals surface area contributed by atoms with Crippen molar-refractivity contribution in [1.82, 2.24) is 24.1 Å². The van der Waals surface area contributed by atoms with Crippen LogP contribution in [-0.4, -0.2) is 91.9 Å². The molecule has 29 heavy (non-hydrogen) atoms. The van der Waals surface area contributed by atoms with Crippen LogP contribution in [0.5, 0.6) is 0 Å². The molecule has 0 N–H and O–H groups in total. The van der Waals surface area contributed by atoms with Crippen LogP contribution < -0.4 is 4.90 Å². The van der Waals surface area contributed by atoms with Crippen LogP contribution in [0.4, 0.5) is 5.82 Å². The number of likely N-dealkylation sites (N-methyl/N-ethyl adjacent to an activating group) is 1. The minimum Gasteiger partial charge on any atom is -0.354 e. The molecular formula is C20H28N6O2S. The van der Waals surface area contributed by atoms with E-state index in [2.05, 4.69) is 30.7 Å². The quantitative estimate of drug-likeness (QED) is 0.712. The lowest BCUT2D eigenvalue weighted by atomic mass is 10.2. The van der Waals surface area contributed by atoms with Crippen molar-refractivity contribution in [2.24, 2.45) is 0 Å². The third-order valence-electron chi connectivity index (χ3n) is 5.65. The normalized spacial score (nSPS) is 20.1. The van der Waals surface area contributed by atoms with Crippen molar-refractivity contribution in [3.8, 4) is 0 Å². The number of anilines is 1. The van der Waals surface area contributed by atoms with Crippen LogP contribution in [0.15, 0.2) is 47.8 Å². The standard InChI is InChI=1S/C20H28N6O2S/c1-23-7-13-26(14-8-23)29(27,28)19-4-5-20(22-16-19)25-11-9-24(10-12-25)17-18-3-2-6-21-15-18/h2-6,15-16H,7-14,17H2,1H3. The fourth-order valence-corrected chi connectivity index (χ4v) is 5.14. The largest absolute Gasteiger partial charge is 0.354 e. The molecule has 2 aliphatic rings. The van der Waals surface area contributed by atoms with E-state index in [1.807, 2.05) is 25.4 Å². The summed E-state index contributed by atoms with van der Waals surface area (Å²) in [6, 6.07) is 7.59. The van der Waals surface area contributed by atoms with Gasteiger partial charge in [-0.05, 0) is 30.8 Å². The van der Waals surface area contributed by atoms with Crippen LogP contribution >= 0.6 is 0 Å². The molecule has 156 valence electrons. The van der Waals surface area contributed by atoms with Gasteiger partial charge >= 0.3 is 0 Å². The first-order chi connectivity index (χ1) is 14.0. The number of nitrogens with zero attached hydrogens (tertiary/aromatic N) is 6. The average Bonchev–Trinajstić information content (AvgIpc) is 2.75. The van der Waals surface area contributed by atoms with E-state index < -0.39 is 10.0 Å². The third kappa shape index (κ3) is 4.75. The molecule has 2 aliphatic heterocycles. The van der Waals surface area contributed by atoms with E-state index in [9.17, 15) is 8.42 Å². The highest BCUT2D eigenvalue weighted by molar-refractivity contribution is 7.89. The van der Waals surface area contributed by atoms with E-state index in [1.165, 1.54) is 11.8 Å². The van der Waals surface area contributed by atoms with Crippen molar-refractivity contribution < 1.29 is 8.42 Å². The van der Waals surface area contributed by atoms with E-state index >= 15 is 0 Å². The van der Waals surface area contributed by atoms with Gasteiger partial charge in [0, 0.05) is 77.5 Å². The fraction of sp³-hybridized carbons (Fsp3) is 0.500. The number of sulfonamides is 1. The zero-order valence-electron chi connectivity index (χ0n) is 16.8. The molecule has 2 saturated heterocycles. The molecular weight excluding hydrogens is 388 g/mol. The van der Waals surface area contributed by atoms with Crippen molar-refractivity contribution in [3.63, 3.8) is 0 Å². The van der Waals surface area contributed by atoms with Crippen molar-refractivity contribution >= 4 is 15.8 Å². The summed E-state index contributed by atoms with van der Waals surface area (Å²) < 4.78 is 27.2. The van der Waals surface area contributed by atoms with Gasteiger partial charge in [0.15, 0.2) is 0 Å². The van der Waals surface area contributed by atoms with Crippen LogP contribution in [-0.2, 0) is 16.6 Å². The van der Waals surface area contributed by atoms with E-state index in [1.54, 1.807) is 16.6 Å². The van der Waals surface area contributed by atoms with Gasteiger partial charge in [0.2, 0.25) is 10.0 Å². The summed E-state index contributed by atoms with van der Waals surface area (Å²) in [6.07, 6.45) is 5.21. The molecule has 9 heteroatoms. The Labute approximate surface area is 172 Å². The van der Waals surface area contributed by atoms with Crippen LogP contribution in [0.2, 0.25) is 0 Å². The molecule has 0 unspecified atom stereocenters. The molecule has 0 saturated carbocycles. The molecule has 0 bridgehead atoms. The zero-order valence-corrected chi connectivity index (χ0v) is 17.6. The number of pyridine rings is 2. The Morgan fingerprint density at radius 2 is 1.69 bits per heavy atom. The fourth-order valence-electron chi connectivity index (χ4n) is 3.77. The molecule has 0 aliphatic carbocycles. The number of rotatable bonds is 5. The summed E-state index contributed by atoms with van der Waals surface area (Å²) >= 11 is 0. The van der Waals surface area contributed by atoms with Crippen LogP contribution in [0.25, 0.3) is 0 Å². The highest BCUT2D eigenvalue weighted by atomic mass is 32.2. The molecule has 0 radical (unpaired) electrons. The second-order valence-electron chi connectivity index (χ2n) is 7.68. The van der Waals surface area contributed by atoms with Gasteiger partial charge in [-0.25, -0.2) is 13.4 Å². The lowest BCUT2D eigenvalue weighted by molar-refractivity contribution is 0.222. The van der Waals surface area contributed by atoms with Gasteiger partial charge in [-0.3, -0.25) is 9.88 Å². The van der Waals surface area contributed by atoms with Crippen LogP contribution in [0.3, 0.4) is 0 Å². The molecule has 0 spiro atoms. The van der Waals surface area contributed by atoms with Crippen molar-refractivity contribution in [2.75, 3.05) is 64.3 Å². The summed E-state index contributed by atoms with van der Waals surface area (Å²) in [7, 11) is -1.45. The smallest absolute Gasteiger partial charge is 0.244 e. The highest BCUT2D eigenvalue weighted by Gasteiger charge is 2.28. The number of hydrogen-bond acceptors (Lipinski definition) is 7.